The number of aliphatic hydroxyl groups is 1. The zero-order valence-electron chi connectivity index (χ0n) is 10.7. The van der Waals surface area contributed by atoms with Gasteiger partial charge in [0.2, 0.25) is 0 Å². The Morgan fingerprint density at radius 2 is 2.26 bits per heavy atom. The summed E-state index contributed by atoms with van der Waals surface area (Å²) in [4.78, 5) is 18.4. The topological polar surface area (TPSA) is 57.8 Å². The van der Waals surface area contributed by atoms with Crippen molar-refractivity contribution in [1.82, 2.24) is 14.3 Å². The van der Waals surface area contributed by atoms with Crippen LogP contribution in [0.25, 0.3) is 5.65 Å². The molecule has 0 radical (unpaired) electrons. The van der Waals surface area contributed by atoms with Crippen LogP contribution in [0.3, 0.4) is 0 Å². The molecular formula is C13H16ClN3O2. The summed E-state index contributed by atoms with van der Waals surface area (Å²) in [5.41, 5.74) is 1.12. The Labute approximate surface area is 116 Å². The van der Waals surface area contributed by atoms with Crippen molar-refractivity contribution in [2.45, 2.75) is 13.5 Å². The Balaban J connectivity index is 2.35. The Morgan fingerprint density at radius 3 is 2.95 bits per heavy atom. The lowest BCUT2D eigenvalue weighted by Gasteiger charge is -2.18. The zero-order chi connectivity index (χ0) is 13.8. The van der Waals surface area contributed by atoms with Crippen LogP contribution in [0.4, 0.5) is 0 Å². The highest BCUT2D eigenvalue weighted by atomic mass is 35.5. The van der Waals surface area contributed by atoms with Crippen LogP contribution in [0, 0.1) is 0 Å². The highest BCUT2D eigenvalue weighted by Crippen LogP contribution is 2.09. The van der Waals surface area contributed by atoms with E-state index in [-0.39, 0.29) is 12.2 Å². The molecule has 0 bridgehead atoms. The second-order valence-corrected chi connectivity index (χ2v) is 4.69. The molecule has 0 aliphatic carbocycles. The number of halogens is 1. The standard InChI is InChI=1S/C13H16ClN3O2/c1-2-16(5-6-18)9-11-7-13(19)17-8-10(14)3-4-12(17)15-11/h3-4,7-8,18H,2,5-6,9H2,1H3. The fourth-order valence-corrected chi connectivity index (χ4v) is 2.09. The van der Waals surface area contributed by atoms with Gasteiger partial charge in [-0.25, -0.2) is 4.98 Å². The number of hydrogen-bond donors (Lipinski definition) is 1. The van der Waals surface area contributed by atoms with Crippen molar-refractivity contribution < 1.29 is 5.11 Å². The first kappa shape index (κ1) is 14.0. The summed E-state index contributed by atoms with van der Waals surface area (Å²) in [6.45, 7) is 4.01. The van der Waals surface area contributed by atoms with Gasteiger partial charge in [-0.15, -0.1) is 0 Å². The van der Waals surface area contributed by atoms with Gasteiger partial charge >= 0.3 is 0 Å². The van der Waals surface area contributed by atoms with Gasteiger partial charge < -0.3 is 5.11 Å². The van der Waals surface area contributed by atoms with E-state index >= 15 is 0 Å². The first-order chi connectivity index (χ1) is 9.13. The van der Waals surface area contributed by atoms with Gasteiger partial charge in [-0.2, -0.15) is 0 Å². The van der Waals surface area contributed by atoms with Crippen LogP contribution in [0.2, 0.25) is 5.02 Å². The minimum atomic E-state index is -0.150. The van der Waals surface area contributed by atoms with Gasteiger partial charge in [0.25, 0.3) is 5.56 Å². The molecule has 0 unspecified atom stereocenters. The maximum absolute atomic E-state index is 12.0. The fourth-order valence-electron chi connectivity index (χ4n) is 1.93. The lowest BCUT2D eigenvalue weighted by atomic mass is 10.3. The molecule has 0 aromatic carbocycles. The molecule has 2 aromatic rings. The van der Waals surface area contributed by atoms with E-state index < -0.39 is 0 Å². The zero-order valence-corrected chi connectivity index (χ0v) is 11.5. The van der Waals surface area contributed by atoms with E-state index in [1.54, 1.807) is 18.3 Å². The average Bonchev–Trinajstić information content (AvgIpc) is 2.39. The van der Waals surface area contributed by atoms with Crippen molar-refractivity contribution in [2.24, 2.45) is 0 Å². The molecule has 2 heterocycles. The lowest BCUT2D eigenvalue weighted by Crippen LogP contribution is -2.27. The van der Waals surface area contributed by atoms with Crippen molar-refractivity contribution in [3.8, 4) is 0 Å². The van der Waals surface area contributed by atoms with Gasteiger partial charge in [0.1, 0.15) is 5.65 Å². The molecule has 2 aromatic heterocycles. The van der Waals surface area contributed by atoms with Crippen molar-refractivity contribution in [2.75, 3.05) is 19.7 Å². The second kappa shape index (κ2) is 6.14. The molecule has 0 saturated heterocycles. The number of rotatable bonds is 5. The minimum Gasteiger partial charge on any atom is -0.395 e. The van der Waals surface area contributed by atoms with Crippen LogP contribution in [0.1, 0.15) is 12.6 Å². The summed E-state index contributed by atoms with van der Waals surface area (Å²) in [6, 6.07) is 4.93. The normalized spacial score (nSPS) is 11.4. The summed E-state index contributed by atoms with van der Waals surface area (Å²) < 4.78 is 1.42. The van der Waals surface area contributed by atoms with E-state index in [1.165, 1.54) is 10.5 Å². The Morgan fingerprint density at radius 1 is 1.47 bits per heavy atom. The number of aromatic nitrogens is 2. The molecule has 0 fully saturated rings. The SMILES string of the molecule is CCN(CCO)Cc1cc(=O)n2cc(Cl)ccc2n1. The van der Waals surface area contributed by atoms with E-state index in [1.807, 2.05) is 11.8 Å². The molecule has 102 valence electrons. The van der Waals surface area contributed by atoms with Crippen molar-refractivity contribution in [3.63, 3.8) is 0 Å². The lowest BCUT2D eigenvalue weighted by molar-refractivity contribution is 0.195. The predicted molar refractivity (Wildman–Crippen MR) is 74.5 cm³/mol. The van der Waals surface area contributed by atoms with E-state index in [2.05, 4.69) is 4.98 Å². The summed E-state index contributed by atoms with van der Waals surface area (Å²) in [5, 5.41) is 9.46. The van der Waals surface area contributed by atoms with E-state index in [9.17, 15) is 4.79 Å². The van der Waals surface area contributed by atoms with Gasteiger partial charge in [-0.1, -0.05) is 18.5 Å². The van der Waals surface area contributed by atoms with Crippen molar-refractivity contribution >= 4 is 17.2 Å². The van der Waals surface area contributed by atoms with Gasteiger partial charge in [-0.3, -0.25) is 14.1 Å². The molecule has 0 saturated carbocycles. The Bertz CT molecular complexity index is 627. The molecule has 5 nitrogen and oxygen atoms in total. The van der Waals surface area contributed by atoms with Crippen LogP contribution >= 0.6 is 11.6 Å². The van der Waals surface area contributed by atoms with Crippen molar-refractivity contribution in [3.05, 3.63) is 45.5 Å². The number of likely N-dealkylation sites (N-methyl/N-ethyl adjacent to an activating group) is 1. The van der Waals surface area contributed by atoms with Gasteiger partial charge in [0, 0.05) is 25.4 Å². The first-order valence-corrected chi connectivity index (χ1v) is 6.53. The van der Waals surface area contributed by atoms with Gasteiger partial charge in [0.05, 0.1) is 17.3 Å². The van der Waals surface area contributed by atoms with Crippen LogP contribution < -0.4 is 5.56 Å². The maximum Gasteiger partial charge on any atom is 0.258 e. The van der Waals surface area contributed by atoms with E-state index in [0.717, 1.165) is 6.54 Å². The van der Waals surface area contributed by atoms with E-state index in [4.69, 9.17) is 16.7 Å². The summed E-state index contributed by atoms with van der Waals surface area (Å²) >= 11 is 5.85. The average molecular weight is 282 g/mol. The largest absolute Gasteiger partial charge is 0.395 e. The van der Waals surface area contributed by atoms with Gasteiger partial charge in [-0.05, 0) is 18.7 Å². The number of pyridine rings is 1. The van der Waals surface area contributed by atoms with Crippen LogP contribution in [0.15, 0.2) is 29.2 Å². The third-order valence-electron chi connectivity index (χ3n) is 2.93. The third kappa shape index (κ3) is 3.32. The van der Waals surface area contributed by atoms with Gasteiger partial charge in [0.15, 0.2) is 0 Å². The van der Waals surface area contributed by atoms with Crippen LogP contribution in [-0.2, 0) is 6.54 Å². The molecule has 0 atom stereocenters. The smallest absolute Gasteiger partial charge is 0.258 e. The quantitative estimate of drug-likeness (QED) is 0.894. The van der Waals surface area contributed by atoms with Crippen LogP contribution in [0.5, 0.6) is 0 Å². The van der Waals surface area contributed by atoms with Crippen molar-refractivity contribution in [1.29, 1.82) is 0 Å². The molecule has 0 spiro atoms. The number of aliphatic hydroxyl groups excluding tert-OH is 1. The summed E-state index contributed by atoms with van der Waals surface area (Å²) in [6.07, 6.45) is 1.56. The molecule has 0 aliphatic rings. The number of nitrogens with zero attached hydrogens (tertiary/aromatic N) is 3. The third-order valence-corrected chi connectivity index (χ3v) is 3.15. The molecule has 1 N–H and O–H groups in total. The molecule has 19 heavy (non-hydrogen) atoms. The highest BCUT2D eigenvalue weighted by Gasteiger charge is 2.07. The fraction of sp³-hybridized carbons (Fsp3) is 0.385. The second-order valence-electron chi connectivity index (χ2n) is 4.25. The number of hydrogen-bond acceptors (Lipinski definition) is 4. The highest BCUT2D eigenvalue weighted by molar-refractivity contribution is 6.30. The molecule has 6 heteroatoms. The molecule has 0 amide bonds. The molecule has 0 aliphatic heterocycles. The predicted octanol–water partition coefficient (Wildman–Crippen LogP) is 1.16. The minimum absolute atomic E-state index is 0.0933. The van der Waals surface area contributed by atoms with Crippen LogP contribution in [-0.4, -0.2) is 39.1 Å². The maximum atomic E-state index is 12.0. The monoisotopic (exact) mass is 281 g/mol. The summed E-state index contributed by atoms with van der Waals surface area (Å²) in [5.74, 6) is 0. The Hall–Kier alpha value is -1.43. The first-order valence-electron chi connectivity index (χ1n) is 6.15. The summed E-state index contributed by atoms with van der Waals surface area (Å²) in [7, 11) is 0. The van der Waals surface area contributed by atoms with E-state index in [0.29, 0.717) is 29.5 Å². The molecular weight excluding hydrogens is 266 g/mol. The number of fused-ring (bicyclic) bond motifs is 1. The Kier molecular flexibility index (Phi) is 4.52. The molecule has 2 rings (SSSR count).